The molecule has 0 fully saturated rings. The van der Waals surface area contributed by atoms with Crippen LogP contribution in [-0.4, -0.2) is 41.3 Å². The van der Waals surface area contributed by atoms with Gasteiger partial charge in [-0.15, -0.1) is 0 Å². The molecule has 112 valence electrons. The van der Waals surface area contributed by atoms with E-state index in [9.17, 15) is 9.59 Å². The van der Waals surface area contributed by atoms with Gasteiger partial charge >= 0.3 is 0 Å². The SMILES string of the molecule is CCN(CC(N)=O)CC(=O)Nc1nc2ccc(N)cc2s1. The number of amides is 2. The number of aromatic nitrogens is 1. The molecule has 1 aromatic carbocycles. The minimum absolute atomic E-state index is 0.0559. The van der Waals surface area contributed by atoms with Crippen LogP contribution < -0.4 is 16.8 Å². The molecular formula is C13H17N5O2S. The smallest absolute Gasteiger partial charge is 0.240 e. The quantitative estimate of drug-likeness (QED) is 0.677. The topological polar surface area (TPSA) is 114 Å². The fourth-order valence-electron chi connectivity index (χ4n) is 1.86. The second kappa shape index (κ2) is 6.51. The number of carbonyl (C=O) groups excluding carboxylic acids is 2. The Kier molecular flexibility index (Phi) is 4.71. The monoisotopic (exact) mass is 307 g/mol. The molecule has 0 aliphatic carbocycles. The molecule has 0 aliphatic heterocycles. The lowest BCUT2D eigenvalue weighted by molar-refractivity contribution is -0.121. The molecule has 1 aromatic heterocycles. The van der Waals surface area contributed by atoms with Gasteiger partial charge in [-0.3, -0.25) is 14.5 Å². The van der Waals surface area contributed by atoms with Crippen molar-refractivity contribution in [2.75, 3.05) is 30.7 Å². The number of primary amides is 1. The van der Waals surface area contributed by atoms with Gasteiger partial charge in [-0.25, -0.2) is 4.98 Å². The minimum Gasteiger partial charge on any atom is -0.399 e. The molecule has 7 nitrogen and oxygen atoms in total. The first-order chi connectivity index (χ1) is 9.97. The number of hydrogen-bond acceptors (Lipinski definition) is 6. The summed E-state index contributed by atoms with van der Waals surface area (Å²) in [6, 6.07) is 5.38. The highest BCUT2D eigenvalue weighted by atomic mass is 32.1. The maximum atomic E-state index is 11.9. The van der Waals surface area contributed by atoms with Crippen molar-refractivity contribution in [2.24, 2.45) is 5.73 Å². The average Bonchev–Trinajstić information content (AvgIpc) is 2.78. The van der Waals surface area contributed by atoms with E-state index in [2.05, 4.69) is 10.3 Å². The van der Waals surface area contributed by atoms with E-state index in [1.165, 1.54) is 11.3 Å². The molecule has 0 radical (unpaired) electrons. The van der Waals surface area contributed by atoms with E-state index in [0.29, 0.717) is 17.4 Å². The Hall–Kier alpha value is -2.19. The lowest BCUT2D eigenvalue weighted by atomic mass is 10.3. The third-order valence-electron chi connectivity index (χ3n) is 2.85. The highest BCUT2D eigenvalue weighted by Gasteiger charge is 2.13. The number of nitrogens with zero attached hydrogens (tertiary/aromatic N) is 2. The van der Waals surface area contributed by atoms with E-state index < -0.39 is 5.91 Å². The zero-order valence-corrected chi connectivity index (χ0v) is 12.4. The molecule has 8 heteroatoms. The van der Waals surface area contributed by atoms with Crippen molar-refractivity contribution in [1.29, 1.82) is 0 Å². The summed E-state index contributed by atoms with van der Waals surface area (Å²) in [5.74, 6) is -0.690. The molecule has 0 aliphatic rings. The molecule has 1 heterocycles. The maximum absolute atomic E-state index is 11.9. The van der Waals surface area contributed by atoms with Crippen molar-refractivity contribution in [3.8, 4) is 0 Å². The number of nitrogens with two attached hydrogens (primary N) is 2. The van der Waals surface area contributed by atoms with Crippen LogP contribution in [0.15, 0.2) is 18.2 Å². The Balaban J connectivity index is 2.02. The van der Waals surface area contributed by atoms with Gasteiger partial charge in [0.25, 0.3) is 0 Å². The first-order valence-electron chi connectivity index (χ1n) is 6.44. The molecule has 2 rings (SSSR count). The lowest BCUT2D eigenvalue weighted by Crippen LogP contribution is -2.39. The molecule has 0 unspecified atom stereocenters. The second-order valence-electron chi connectivity index (χ2n) is 4.56. The number of anilines is 2. The Morgan fingerprint density at radius 2 is 2.14 bits per heavy atom. The predicted octanol–water partition coefficient (Wildman–Crippen LogP) is 0.624. The summed E-state index contributed by atoms with van der Waals surface area (Å²) in [4.78, 5) is 28.8. The number of nitrogens with one attached hydrogen (secondary N) is 1. The van der Waals surface area contributed by atoms with Crippen molar-refractivity contribution in [2.45, 2.75) is 6.92 Å². The third kappa shape index (κ3) is 4.14. The van der Waals surface area contributed by atoms with Crippen LogP contribution in [0.5, 0.6) is 0 Å². The van der Waals surface area contributed by atoms with Crippen molar-refractivity contribution in [3.05, 3.63) is 18.2 Å². The van der Waals surface area contributed by atoms with Gasteiger partial charge in [0.15, 0.2) is 5.13 Å². The maximum Gasteiger partial charge on any atom is 0.240 e. The molecule has 2 amide bonds. The molecule has 0 spiro atoms. The van der Waals surface area contributed by atoms with Gasteiger partial charge in [0.1, 0.15) is 0 Å². The molecule has 0 bridgehead atoms. The summed E-state index contributed by atoms with van der Waals surface area (Å²) in [7, 11) is 0. The summed E-state index contributed by atoms with van der Waals surface area (Å²) >= 11 is 1.36. The number of likely N-dealkylation sites (N-methyl/N-ethyl adjacent to an activating group) is 1. The largest absolute Gasteiger partial charge is 0.399 e. The van der Waals surface area contributed by atoms with Gasteiger partial charge in [0.2, 0.25) is 11.8 Å². The minimum atomic E-state index is -0.458. The van der Waals surface area contributed by atoms with Crippen LogP contribution >= 0.6 is 11.3 Å². The van der Waals surface area contributed by atoms with E-state index in [4.69, 9.17) is 11.5 Å². The molecule has 5 N–H and O–H groups in total. The van der Waals surface area contributed by atoms with Crippen LogP contribution in [0.3, 0.4) is 0 Å². The number of hydrogen-bond donors (Lipinski definition) is 3. The lowest BCUT2D eigenvalue weighted by Gasteiger charge is -2.17. The van der Waals surface area contributed by atoms with E-state index in [-0.39, 0.29) is 19.0 Å². The summed E-state index contributed by atoms with van der Waals surface area (Å²) in [6.45, 7) is 2.57. The zero-order chi connectivity index (χ0) is 15.4. The first-order valence-corrected chi connectivity index (χ1v) is 7.26. The summed E-state index contributed by atoms with van der Waals surface area (Å²) in [5.41, 5.74) is 12.3. The Morgan fingerprint density at radius 1 is 1.38 bits per heavy atom. The number of carbonyl (C=O) groups is 2. The van der Waals surface area contributed by atoms with Crippen LogP contribution in [0.1, 0.15) is 6.92 Å². The summed E-state index contributed by atoms with van der Waals surface area (Å²) in [5, 5.41) is 3.23. The zero-order valence-electron chi connectivity index (χ0n) is 11.6. The van der Waals surface area contributed by atoms with Crippen LogP contribution in [0.2, 0.25) is 0 Å². The molecule has 2 aromatic rings. The fraction of sp³-hybridized carbons (Fsp3) is 0.308. The molecule has 21 heavy (non-hydrogen) atoms. The Bertz CT molecular complexity index is 670. The number of fused-ring (bicyclic) bond motifs is 1. The molecule has 0 saturated heterocycles. The van der Waals surface area contributed by atoms with Crippen LogP contribution in [0, 0.1) is 0 Å². The number of benzene rings is 1. The van der Waals surface area contributed by atoms with Crippen molar-refractivity contribution in [3.63, 3.8) is 0 Å². The first kappa shape index (κ1) is 15.2. The van der Waals surface area contributed by atoms with Gasteiger partial charge in [-0.2, -0.15) is 0 Å². The van der Waals surface area contributed by atoms with Gasteiger partial charge in [0, 0.05) is 5.69 Å². The van der Waals surface area contributed by atoms with Crippen LogP contribution in [0.25, 0.3) is 10.2 Å². The van der Waals surface area contributed by atoms with Crippen molar-refractivity contribution in [1.82, 2.24) is 9.88 Å². The predicted molar refractivity (Wildman–Crippen MR) is 84.0 cm³/mol. The van der Waals surface area contributed by atoms with Gasteiger partial charge in [0.05, 0.1) is 23.3 Å². The Labute approximate surface area is 125 Å². The normalized spacial score (nSPS) is 11.0. The standard InChI is InChI=1S/C13H17N5O2S/c1-2-18(6-11(15)19)7-12(20)17-13-16-9-4-3-8(14)5-10(9)21-13/h3-5H,2,6-7,14H2,1H3,(H2,15,19)(H,16,17,20). The fourth-order valence-corrected chi connectivity index (χ4v) is 2.79. The third-order valence-corrected chi connectivity index (χ3v) is 3.79. The summed E-state index contributed by atoms with van der Waals surface area (Å²) in [6.07, 6.45) is 0. The van der Waals surface area contributed by atoms with E-state index in [0.717, 1.165) is 10.2 Å². The Morgan fingerprint density at radius 3 is 2.81 bits per heavy atom. The van der Waals surface area contributed by atoms with E-state index in [1.807, 2.05) is 19.1 Å². The average molecular weight is 307 g/mol. The summed E-state index contributed by atoms with van der Waals surface area (Å²) < 4.78 is 0.912. The number of rotatable bonds is 6. The van der Waals surface area contributed by atoms with Gasteiger partial charge in [-0.05, 0) is 24.7 Å². The van der Waals surface area contributed by atoms with Crippen LogP contribution in [-0.2, 0) is 9.59 Å². The number of thiazole rings is 1. The second-order valence-corrected chi connectivity index (χ2v) is 5.59. The van der Waals surface area contributed by atoms with Crippen molar-refractivity contribution < 1.29 is 9.59 Å². The van der Waals surface area contributed by atoms with Gasteiger partial charge in [-0.1, -0.05) is 18.3 Å². The highest BCUT2D eigenvalue weighted by Crippen LogP contribution is 2.27. The molecule has 0 saturated carbocycles. The highest BCUT2D eigenvalue weighted by molar-refractivity contribution is 7.22. The van der Waals surface area contributed by atoms with E-state index in [1.54, 1.807) is 11.0 Å². The number of nitrogen functional groups attached to an aromatic ring is 1. The molecular weight excluding hydrogens is 290 g/mol. The van der Waals surface area contributed by atoms with Gasteiger partial charge < -0.3 is 16.8 Å². The molecule has 0 atom stereocenters. The van der Waals surface area contributed by atoms with Crippen LogP contribution in [0.4, 0.5) is 10.8 Å². The van der Waals surface area contributed by atoms with E-state index >= 15 is 0 Å². The van der Waals surface area contributed by atoms with Crippen molar-refractivity contribution >= 4 is 44.2 Å².